The van der Waals surface area contributed by atoms with Crippen LogP contribution in [-0.4, -0.2) is 11.9 Å². The van der Waals surface area contributed by atoms with Crippen LogP contribution in [0.25, 0.3) is 0 Å². The second kappa shape index (κ2) is 5.16. The zero-order valence-corrected chi connectivity index (χ0v) is 9.52. The molecule has 0 amide bonds. The van der Waals surface area contributed by atoms with Crippen LogP contribution in [0.15, 0.2) is 18.2 Å². The van der Waals surface area contributed by atoms with Crippen LogP contribution in [0, 0.1) is 17.7 Å². The molecule has 86 valence electrons. The third-order valence-electron chi connectivity index (χ3n) is 2.16. The van der Waals surface area contributed by atoms with E-state index in [4.69, 9.17) is 16.6 Å². The summed E-state index contributed by atoms with van der Waals surface area (Å²) in [5, 5.41) is 19.8. The SMILES string of the molecule is CCc1cc(C)ccc1NC(=N)NC(=N)N. The summed E-state index contributed by atoms with van der Waals surface area (Å²) in [6.45, 7) is 4.09. The van der Waals surface area contributed by atoms with Crippen LogP contribution < -0.4 is 16.4 Å². The van der Waals surface area contributed by atoms with Crippen molar-refractivity contribution in [2.75, 3.05) is 5.32 Å². The fourth-order valence-corrected chi connectivity index (χ4v) is 1.44. The molecule has 6 N–H and O–H groups in total. The molecule has 0 heterocycles. The first-order chi connectivity index (χ1) is 7.52. The molecule has 0 aliphatic carbocycles. The predicted molar refractivity (Wildman–Crippen MR) is 67.0 cm³/mol. The highest BCUT2D eigenvalue weighted by Gasteiger charge is 2.03. The van der Waals surface area contributed by atoms with Crippen molar-refractivity contribution < 1.29 is 0 Å². The Morgan fingerprint density at radius 3 is 2.62 bits per heavy atom. The van der Waals surface area contributed by atoms with Gasteiger partial charge in [-0.1, -0.05) is 24.6 Å². The second-order valence-electron chi connectivity index (χ2n) is 3.55. The second-order valence-corrected chi connectivity index (χ2v) is 3.55. The van der Waals surface area contributed by atoms with Crippen molar-refractivity contribution in [1.82, 2.24) is 5.32 Å². The van der Waals surface area contributed by atoms with Crippen LogP contribution in [0.2, 0.25) is 0 Å². The van der Waals surface area contributed by atoms with Gasteiger partial charge in [0.15, 0.2) is 11.9 Å². The maximum Gasteiger partial charge on any atom is 0.199 e. The first-order valence-corrected chi connectivity index (χ1v) is 5.09. The lowest BCUT2D eigenvalue weighted by atomic mass is 10.1. The Balaban J connectivity index is 2.80. The molecule has 16 heavy (non-hydrogen) atoms. The summed E-state index contributed by atoms with van der Waals surface area (Å²) in [4.78, 5) is 0. The maximum atomic E-state index is 7.54. The Bertz CT molecular complexity index is 411. The monoisotopic (exact) mass is 219 g/mol. The Morgan fingerprint density at radius 1 is 1.38 bits per heavy atom. The Morgan fingerprint density at radius 2 is 2.06 bits per heavy atom. The lowest BCUT2D eigenvalue weighted by Crippen LogP contribution is -2.39. The molecule has 0 saturated heterocycles. The fraction of sp³-hybridized carbons (Fsp3) is 0.273. The molecular formula is C11H17N5. The van der Waals surface area contributed by atoms with E-state index >= 15 is 0 Å². The predicted octanol–water partition coefficient (Wildman–Crippen LogP) is 1.39. The van der Waals surface area contributed by atoms with Gasteiger partial charge in [-0.25, -0.2) is 0 Å². The topological polar surface area (TPSA) is 97.8 Å². The van der Waals surface area contributed by atoms with Crippen molar-refractivity contribution >= 4 is 17.6 Å². The number of guanidine groups is 2. The minimum atomic E-state index is -0.248. The van der Waals surface area contributed by atoms with Gasteiger partial charge in [-0.05, 0) is 25.0 Å². The first-order valence-electron chi connectivity index (χ1n) is 5.09. The van der Waals surface area contributed by atoms with E-state index in [2.05, 4.69) is 23.6 Å². The van der Waals surface area contributed by atoms with Gasteiger partial charge in [0, 0.05) is 5.69 Å². The van der Waals surface area contributed by atoms with Gasteiger partial charge in [-0.2, -0.15) is 0 Å². The number of aryl methyl sites for hydroxylation is 2. The lowest BCUT2D eigenvalue weighted by Gasteiger charge is -2.12. The van der Waals surface area contributed by atoms with E-state index in [-0.39, 0.29) is 11.9 Å². The molecule has 0 aliphatic rings. The highest BCUT2D eigenvalue weighted by Crippen LogP contribution is 2.17. The van der Waals surface area contributed by atoms with Crippen LogP contribution in [0.5, 0.6) is 0 Å². The molecule has 0 fully saturated rings. The summed E-state index contributed by atoms with van der Waals surface area (Å²) >= 11 is 0. The van der Waals surface area contributed by atoms with Crippen molar-refractivity contribution in [3.05, 3.63) is 29.3 Å². The van der Waals surface area contributed by atoms with Gasteiger partial charge in [0.2, 0.25) is 0 Å². The molecule has 0 atom stereocenters. The molecule has 0 unspecified atom stereocenters. The quantitative estimate of drug-likeness (QED) is 0.384. The smallest absolute Gasteiger partial charge is 0.199 e. The highest BCUT2D eigenvalue weighted by atomic mass is 15.2. The van der Waals surface area contributed by atoms with E-state index in [9.17, 15) is 0 Å². The molecule has 5 heteroatoms. The minimum absolute atomic E-state index is 0.00560. The van der Waals surface area contributed by atoms with Crippen LogP contribution in [0.4, 0.5) is 5.69 Å². The summed E-state index contributed by atoms with van der Waals surface area (Å²) in [5.41, 5.74) is 8.32. The normalized spacial score (nSPS) is 9.62. The molecule has 0 aromatic heterocycles. The van der Waals surface area contributed by atoms with E-state index < -0.39 is 0 Å². The highest BCUT2D eigenvalue weighted by molar-refractivity contribution is 6.02. The van der Waals surface area contributed by atoms with Gasteiger partial charge in [0.05, 0.1) is 0 Å². The zero-order valence-electron chi connectivity index (χ0n) is 9.52. The van der Waals surface area contributed by atoms with Crippen LogP contribution in [-0.2, 0) is 6.42 Å². The number of hydrogen-bond acceptors (Lipinski definition) is 2. The number of hydrogen-bond donors (Lipinski definition) is 5. The Kier molecular flexibility index (Phi) is 3.88. The van der Waals surface area contributed by atoms with Crippen molar-refractivity contribution in [2.45, 2.75) is 20.3 Å². The lowest BCUT2D eigenvalue weighted by molar-refractivity contribution is 1.13. The third-order valence-corrected chi connectivity index (χ3v) is 2.16. The largest absolute Gasteiger partial charge is 0.370 e. The average molecular weight is 219 g/mol. The number of rotatable bonds is 2. The number of nitrogens with two attached hydrogens (primary N) is 1. The van der Waals surface area contributed by atoms with E-state index in [1.165, 1.54) is 5.56 Å². The van der Waals surface area contributed by atoms with E-state index in [1.807, 2.05) is 19.1 Å². The number of anilines is 1. The summed E-state index contributed by atoms with van der Waals surface area (Å²) in [7, 11) is 0. The van der Waals surface area contributed by atoms with Crippen molar-refractivity contribution in [2.24, 2.45) is 5.73 Å². The van der Waals surface area contributed by atoms with Crippen molar-refractivity contribution in [3.63, 3.8) is 0 Å². The van der Waals surface area contributed by atoms with Gasteiger partial charge < -0.3 is 11.1 Å². The molecule has 0 bridgehead atoms. The average Bonchev–Trinajstić information content (AvgIpc) is 2.19. The van der Waals surface area contributed by atoms with Crippen LogP contribution >= 0.6 is 0 Å². The maximum absolute atomic E-state index is 7.54. The van der Waals surface area contributed by atoms with Crippen LogP contribution in [0.3, 0.4) is 0 Å². The van der Waals surface area contributed by atoms with Gasteiger partial charge in [-0.15, -0.1) is 0 Å². The summed E-state index contributed by atoms with van der Waals surface area (Å²) in [6, 6.07) is 5.97. The molecule has 0 aliphatic heterocycles. The molecule has 0 spiro atoms. The van der Waals surface area contributed by atoms with Crippen molar-refractivity contribution in [1.29, 1.82) is 10.8 Å². The van der Waals surface area contributed by atoms with Gasteiger partial charge in [0.1, 0.15) is 0 Å². The van der Waals surface area contributed by atoms with Gasteiger partial charge >= 0.3 is 0 Å². The molecule has 0 radical (unpaired) electrons. The minimum Gasteiger partial charge on any atom is -0.370 e. The Hall–Kier alpha value is -2.04. The molecule has 1 aromatic rings. The Labute approximate surface area is 95.1 Å². The summed E-state index contributed by atoms with van der Waals surface area (Å²) in [6.07, 6.45) is 0.886. The number of nitrogens with one attached hydrogen (secondary N) is 4. The van der Waals surface area contributed by atoms with Gasteiger partial charge in [0.25, 0.3) is 0 Å². The molecule has 0 saturated carbocycles. The molecular weight excluding hydrogens is 202 g/mol. The number of benzene rings is 1. The van der Waals surface area contributed by atoms with Gasteiger partial charge in [-0.3, -0.25) is 16.1 Å². The third kappa shape index (κ3) is 3.27. The van der Waals surface area contributed by atoms with Crippen molar-refractivity contribution in [3.8, 4) is 0 Å². The summed E-state index contributed by atoms with van der Waals surface area (Å²) in [5.74, 6) is -0.242. The molecule has 5 nitrogen and oxygen atoms in total. The standard InChI is InChI=1S/C11H17N5/c1-3-8-6-7(2)4-5-9(8)15-11(14)16-10(12)13/h4-6H,3H2,1-2H3,(H6,12,13,14,15,16). The molecule has 1 rings (SSSR count). The van der Waals surface area contributed by atoms with E-state index in [0.717, 1.165) is 17.7 Å². The molecule has 1 aromatic carbocycles. The summed E-state index contributed by atoms with van der Waals surface area (Å²) < 4.78 is 0. The van der Waals surface area contributed by atoms with E-state index in [1.54, 1.807) is 0 Å². The fourth-order valence-electron chi connectivity index (χ4n) is 1.44. The first kappa shape index (κ1) is 12.0. The van der Waals surface area contributed by atoms with Crippen LogP contribution in [0.1, 0.15) is 18.1 Å². The zero-order chi connectivity index (χ0) is 12.1. The van der Waals surface area contributed by atoms with E-state index in [0.29, 0.717) is 0 Å².